The van der Waals surface area contributed by atoms with Gasteiger partial charge in [0.15, 0.2) is 5.52 Å². The first kappa shape index (κ1) is 22.0. The zero-order valence-electron chi connectivity index (χ0n) is 19.0. The van der Waals surface area contributed by atoms with Gasteiger partial charge >= 0.3 is 0 Å². The van der Waals surface area contributed by atoms with Crippen LogP contribution in [-0.4, -0.2) is 32.8 Å². The lowest BCUT2D eigenvalue weighted by atomic mass is 9.79. The number of primary amides is 1. The average Bonchev–Trinajstić information content (AvgIpc) is 3.10. The third kappa shape index (κ3) is 4.26. The molecule has 8 nitrogen and oxygen atoms in total. The van der Waals surface area contributed by atoms with Gasteiger partial charge in [-0.25, -0.2) is 4.98 Å². The fraction of sp³-hybridized carbons (Fsp3) is 0.500. The Labute approximate surface area is 187 Å². The van der Waals surface area contributed by atoms with Crippen LogP contribution in [0.2, 0.25) is 0 Å². The lowest BCUT2D eigenvalue weighted by Crippen LogP contribution is -2.28. The highest BCUT2D eigenvalue weighted by atomic mass is 16.5. The van der Waals surface area contributed by atoms with E-state index >= 15 is 0 Å². The van der Waals surface area contributed by atoms with Crippen molar-refractivity contribution < 1.29 is 9.53 Å². The number of nitrogens with two attached hydrogens (primary N) is 1. The van der Waals surface area contributed by atoms with Gasteiger partial charge in [-0.05, 0) is 62.1 Å². The maximum absolute atomic E-state index is 12.9. The Hall–Kier alpha value is -3.16. The van der Waals surface area contributed by atoms with Gasteiger partial charge < -0.3 is 15.5 Å². The van der Waals surface area contributed by atoms with Crippen molar-refractivity contribution in [3.05, 3.63) is 39.8 Å². The Kier molecular flexibility index (Phi) is 6.30. The number of aromatic amines is 1. The molecule has 170 valence electrons. The molecule has 0 radical (unpaired) electrons. The minimum Gasteiger partial charge on any atom is -0.496 e. The molecule has 0 saturated heterocycles. The minimum atomic E-state index is -0.209. The number of amides is 1. The van der Waals surface area contributed by atoms with Gasteiger partial charge in [-0.2, -0.15) is 5.10 Å². The summed E-state index contributed by atoms with van der Waals surface area (Å²) in [6.07, 6.45) is 6.29. The van der Waals surface area contributed by atoms with Crippen LogP contribution in [0.3, 0.4) is 0 Å². The first-order chi connectivity index (χ1) is 15.4. The number of carbonyl (C=O) groups is 1. The number of hydrogen-bond donors (Lipinski definition) is 2. The van der Waals surface area contributed by atoms with Crippen molar-refractivity contribution in [2.75, 3.05) is 7.11 Å². The van der Waals surface area contributed by atoms with Crippen LogP contribution in [0.1, 0.15) is 50.3 Å². The Morgan fingerprint density at radius 2 is 2.03 bits per heavy atom. The van der Waals surface area contributed by atoms with Crippen molar-refractivity contribution in [1.82, 2.24) is 19.7 Å². The number of nitrogens with one attached hydrogen (secondary N) is 1. The largest absolute Gasteiger partial charge is 0.496 e. The van der Waals surface area contributed by atoms with Crippen LogP contribution in [-0.2, 0) is 24.7 Å². The number of aryl methyl sites for hydroxylation is 2. The highest BCUT2D eigenvalue weighted by Gasteiger charge is 2.25. The molecule has 0 unspecified atom stereocenters. The summed E-state index contributed by atoms with van der Waals surface area (Å²) >= 11 is 0. The van der Waals surface area contributed by atoms with E-state index in [0.717, 1.165) is 61.8 Å². The Bertz CT molecular complexity index is 1190. The van der Waals surface area contributed by atoms with E-state index in [2.05, 4.69) is 29.1 Å². The van der Waals surface area contributed by atoms with Crippen molar-refractivity contribution in [1.29, 1.82) is 0 Å². The molecule has 3 N–H and O–H groups in total. The summed E-state index contributed by atoms with van der Waals surface area (Å²) in [7, 11) is 3.39. The van der Waals surface area contributed by atoms with E-state index in [1.807, 2.05) is 6.07 Å². The molecule has 0 aliphatic heterocycles. The summed E-state index contributed by atoms with van der Waals surface area (Å²) in [5.41, 5.74) is 9.14. The molecular weight excluding hydrogens is 406 g/mol. The summed E-state index contributed by atoms with van der Waals surface area (Å²) in [5, 5.41) is 4.50. The third-order valence-electron chi connectivity index (χ3n) is 6.54. The van der Waals surface area contributed by atoms with Gasteiger partial charge in [-0.1, -0.05) is 19.4 Å². The minimum absolute atomic E-state index is 0.00970. The summed E-state index contributed by atoms with van der Waals surface area (Å²) in [4.78, 5) is 32.0. The van der Waals surface area contributed by atoms with Crippen LogP contribution in [0.5, 0.6) is 5.75 Å². The molecule has 32 heavy (non-hydrogen) atoms. The monoisotopic (exact) mass is 437 g/mol. The van der Waals surface area contributed by atoms with Crippen LogP contribution < -0.4 is 16.0 Å². The molecule has 0 atom stereocenters. The molecule has 0 spiro atoms. The first-order valence-electron chi connectivity index (χ1n) is 11.3. The van der Waals surface area contributed by atoms with Gasteiger partial charge in [-0.3, -0.25) is 14.3 Å². The predicted molar refractivity (Wildman–Crippen MR) is 123 cm³/mol. The van der Waals surface area contributed by atoms with Gasteiger partial charge in [-0.15, -0.1) is 0 Å². The number of hydrogen-bond acceptors (Lipinski definition) is 5. The number of nitrogens with zero attached hydrogens (tertiary/aromatic N) is 3. The second kappa shape index (κ2) is 9.14. The molecule has 1 fully saturated rings. The molecular formula is C24H31N5O3. The Morgan fingerprint density at radius 1 is 1.28 bits per heavy atom. The van der Waals surface area contributed by atoms with Gasteiger partial charge in [0.25, 0.3) is 5.56 Å². The number of H-pyrrole nitrogens is 1. The fourth-order valence-corrected chi connectivity index (χ4v) is 4.83. The molecule has 2 heterocycles. The van der Waals surface area contributed by atoms with E-state index in [0.29, 0.717) is 28.5 Å². The van der Waals surface area contributed by atoms with E-state index in [-0.39, 0.29) is 17.4 Å². The molecule has 1 aromatic carbocycles. The highest BCUT2D eigenvalue weighted by Crippen LogP contribution is 2.34. The Balaban J connectivity index is 1.67. The lowest BCUT2D eigenvalue weighted by Gasteiger charge is -2.26. The maximum Gasteiger partial charge on any atom is 0.277 e. The highest BCUT2D eigenvalue weighted by molar-refractivity contribution is 5.80. The summed E-state index contributed by atoms with van der Waals surface area (Å²) in [6.45, 7) is 2.08. The van der Waals surface area contributed by atoms with E-state index in [9.17, 15) is 9.59 Å². The number of fused-ring (bicyclic) bond motifs is 1. The summed E-state index contributed by atoms with van der Waals surface area (Å²) in [5.74, 6) is 1.49. The number of aromatic nitrogens is 4. The standard InChI is InChI=1S/C24H31N5O3/c1-4-5-18-20-21(29(2)28-18)24(31)27-23(26-20)17-13-15(8-11-19(17)32-3)12-14-6-9-16(10-7-14)22(25)30/h8,11,13-14,16H,4-7,9-10,12H2,1-3H3,(H2,25,30)(H,26,27,31). The molecule has 1 aliphatic rings. The van der Waals surface area contributed by atoms with Crippen molar-refractivity contribution in [3.63, 3.8) is 0 Å². The molecule has 0 bridgehead atoms. The molecule has 4 rings (SSSR count). The molecule has 2 aromatic heterocycles. The van der Waals surface area contributed by atoms with E-state index in [1.54, 1.807) is 18.8 Å². The van der Waals surface area contributed by atoms with Gasteiger partial charge in [0.1, 0.15) is 17.1 Å². The van der Waals surface area contributed by atoms with E-state index in [4.69, 9.17) is 15.5 Å². The normalized spacial score (nSPS) is 18.7. The summed E-state index contributed by atoms with van der Waals surface area (Å²) < 4.78 is 7.19. The SMILES string of the molecule is CCCc1nn(C)c2c(=O)[nH]c(-c3cc(CC4CCC(C(N)=O)CC4)ccc3OC)nc12. The lowest BCUT2D eigenvalue weighted by molar-refractivity contribution is -0.122. The number of benzene rings is 1. The number of carbonyl (C=O) groups excluding carboxylic acids is 1. The quantitative estimate of drug-likeness (QED) is 0.589. The second-order valence-corrected chi connectivity index (χ2v) is 8.79. The molecule has 1 aliphatic carbocycles. The van der Waals surface area contributed by atoms with Crippen LogP contribution in [0.25, 0.3) is 22.4 Å². The van der Waals surface area contributed by atoms with Crippen LogP contribution in [0.4, 0.5) is 0 Å². The second-order valence-electron chi connectivity index (χ2n) is 8.79. The maximum atomic E-state index is 12.9. The average molecular weight is 438 g/mol. The third-order valence-corrected chi connectivity index (χ3v) is 6.54. The van der Waals surface area contributed by atoms with E-state index in [1.165, 1.54) is 0 Å². The van der Waals surface area contributed by atoms with Crippen molar-refractivity contribution in [2.45, 2.75) is 51.9 Å². The topological polar surface area (TPSA) is 116 Å². The molecule has 1 saturated carbocycles. The van der Waals surface area contributed by atoms with Gasteiger partial charge in [0, 0.05) is 13.0 Å². The number of rotatable bonds is 7. The predicted octanol–water partition coefficient (Wildman–Crippen LogP) is 3.12. The van der Waals surface area contributed by atoms with Crippen molar-refractivity contribution in [3.8, 4) is 17.1 Å². The van der Waals surface area contributed by atoms with Crippen molar-refractivity contribution >= 4 is 16.9 Å². The number of ether oxygens (including phenoxy) is 1. The molecule has 3 aromatic rings. The van der Waals surface area contributed by atoms with Crippen molar-refractivity contribution in [2.24, 2.45) is 24.6 Å². The zero-order chi connectivity index (χ0) is 22.8. The molecule has 1 amide bonds. The van der Waals surface area contributed by atoms with Crippen LogP contribution >= 0.6 is 0 Å². The van der Waals surface area contributed by atoms with Crippen LogP contribution in [0.15, 0.2) is 23.0 Å². The molecule has 8 heteroatoms. The van der Waals surface area contributed by atoms with Gasteiger partial charge in [0.2, 0.25) is 5.91 Å². The fourth-order valence-electron chi connectivity index (χ4n) is 4.83. The Morgan fingerprint density at radius 3 is 2.69 bits per heavy atom. The van der Waals surface area contributed by atoms with Gasteiger partial charge in [0.05, 0.1) is 18.4 Å². The van der Waals surface area contributed by atoms with Crippen LogP contribution in [0, 0.1) is 11.8 Å². The van der Waals surface area contributed by atoms with E-state index < -0.39 is 0 Å². The first-order valence-corrected chi connectivity index (χ1v) is 11.3. The summed E-state index contributed by atoms with van der Waals surface area (Å²) in [6, 6.07) is 6.05. The smallest absolute Gasteiger partial charge is 0.277 e. The number of methoxy groups -OCH3 is 1. The zero-order valence-corrected chi connectivity index (χ0v) is 19.0.